The highest BCUT2D eigenvalue weighted by Crippen LogP contribution is 2.23. The van der Waals surface area contributed by atoms with Gasteiger partial charge in [0.15, 0.2) is 0 Å². The first kappa shape index (κ1) is 17.4. The van der Waals surface area contributed by atoms with Crippen LogP contribution in [0.4, 0.5) is 10.1 Å². The van der Waals surface area contributed by atoms with Crippen LogP contribution in [0.5, 0.6) is 0 Å². The highest BCUT2D eigenvalue weighted by atomic mass is 32.2. The van der Waals surface area contributed by atoms with E-state index in [2.05, 4.69) is 0 Å². The van der Waals surface area contributed by atoms with Crippen LogP contribution in [0.15, 0.2) is 23.1 Å². The van der Waals surface area contributed by atoms with Crippen molar-refractivity contribution in [3.63, 3.8) is 0 Å². The molecule has 1 aromatic carbocycles. The molecule has 0 saturated carbocycles. The number of hydrogen-bond acceptors (Lipinski definition) is 6. The maximum Gasteiger partial charge on any atom is 0.304 e. The maximum atomic E-state index is 13.5. The van der Waals surface area contributed by atoms with Gasteiger partial charge in [0.05, 0.1) is 23.0 Å². The molecule has 0 bridgehead atoms. The first-order chi connectivity index (χ1) is 9.84. The van der Waals surface area contributed by atoms with Gasteiger partial charge in [-0.25, -0.2) is 8.42 Å². The lowest BCUT2D eigenvalue weighted by atomic mass is 10.3. The van der Waals surface area contributed by atoms with Crippen LogP contribution < -0.4 is 0 Å². The smallest absolute Gasteiger partial charge is 0.304 e. The number of sulfonamides is 1. The number of ether oxygens (including phenoxy) is 1. The van der Waals surface area contributed by atoms with E-state index in [0.717, 1.165) is 16.4 Å². The van der Waals surface area contributed by atoms with E-state index < -0.39 is 38.0 Å². The van der Waals surface area contributed by atoms with Gasteiger partial charge in [-0.2, -0.15) is 8.70 Å². The number of aliphatic hydroxyl groups is 1. The van der Waals surface area contributed by atoms with E-state index >= 15 is 0 Å². The number of nitro benzene ring substituents is 1. The minimum absolute atomic E-state index is 0.0298. The van der Waals surface area contributed by atoms with Gasteiger partial charge in [0.1, 0.15) is 0 Å². The van der Waals surface area contributed by atoms with Crippen molar-refractivity contribution < 1.29 is 27.6 Å². The van der Waals surface area contributed by atoms with Crippen LogP contribution >= 0.6 is 0 Å². The van der Waals surface area contributed by atoms with Gasteiger partial charge in [-0.3, -0.25) is 10.1 Å². The molecule has 1 N–H and O–H groups in total. The summed E-state index contributed by atoms with van der Waals surface area (Å²) in [6, 6.07) is 2.33. The predicted octanol–water partition coefficient (Wildman–Crippen LogP) is 0.363. The quantitative estimate of drug-likeness (QED) is 0.547. The number of halogens is 1. The molecular formula is C11H15FN2O6S. The summed E-state index contributed by atoms with van der Waals surface area (Å²) in [5.41, 5.74) is -0.806. The standard InChI is InChI=1S/C11H15FN2O6S/c1-20-7-5-13(4-6-15)21(18,19)9-2-3-11(14(16)17)10(12)8-9/h2-3,8,15H,4-7H2,1H3. The zero-order chi connectivity index (χ0) is 16.0. The van der Waals surface area contributed by atoms with Gasteiger partial charge < -0.3 is 9.84 Å². The van der Waals surface area contributed by atoms with Crippen LogP contribution in [0.3, 0.4) is 0 Å². The Balaban J connectivity index is 3.15. The number of benzene rings is 1. The summed E-state index contributed by atoms with van der Waals surface area (Å²) in [6.07, 6.45) is 0. The maximum absolute atomic E-state index is 13.5. The highest BCUT2D eigenvalue weighted by molar-refractivity contribution is 7.89. The predicted molar refractivity (Wildman–Crippen MR) is 70.8 cm³/mol. The number of rotatable bonds is 8. The topological polar surface area (TPSA) is 110 Å². The van der Waals surface area contributed by atoms with Gasteiger partial charge in [-0.1, -0.05) is 0 Å². The fraction of sp³-hybridized carbons (Fsp3) is 0.455. The van der Waals surface area contributed by atoms with Crippen molar-refractivity contribution in [3.8, 4) is 0 Å². The lowest BCUT2D eigenvalue weighted by Gasteiger charge is -2.20. The summed E-state index contributed by atoms with van der Waals surface area (Å²) in [5.74, 6) is -1.24. The molecule has 118 valence electrons. The van der Waals surface area contributed by atoms with Gasteiger partial charge in [-0.05, 0) is 6.07 Å². The summed E-state index contributed by atoms with van der Waals surface area (Å²) < 4.78 is 43.8. The second kappa shape index (κ2) is 7.41. The summed E-state index contributed by atoms with van der Waals surface area (Å²) in [4.78, 5) is 9.15. The molecule has 0 aromatic heterocycles. The highest BCUT2D eigenvalue weighted by Gasteiger charge is 2.26. The number of methoxy groups -OCH3 is 1. The van der Waals surface area contributed by atoms with Crippen molar-refractivity contribution in [2.24, 2.45) is 0 Å². The zero-order valence-electron chi connectivity index (χ0n) is 11.2. The van der Waals surface area contributed by atoms with Crippen LogP contribution in [0.1, 0.15) is 0 Å². The Kier molecular flexibility index (Phi) is 6.15. The Labute approximate surface area is 121 Å². The van der Waals surface area contributed by atoms with Crippen molar-refractivity contribution in [2.45, 2.75) is 4.90 Å². The fourth-order valence-electron chi connectivity index (χ4n) is 1.60. The summed E-state index contributed by atoms with van der Waals surface area (Å²) >= 11 is 0. The number of hydrogen-bond donors (Lipinski definition) is 1. The molecule has 0 heterocycles. The largest absolute Gasteiger partial charge is 0.395 e. The van der Waals surface area contributed by atoms with Crippen LogP contribution in [0.25, 0.3) is 0 Å². The van der Waals surface area contributed by atoms with E-state index in [1.54, 1.807) is 0 Å². The SMILES string of the molecule is COCCN(CCO)S(=O)(=O)c1ccc([N+](=O)[O-])c(F)c1. The molecule has 0 saturated heterocycles. The molecule has 0 aliphatic rings. The van der Waals surface area contributed by atoms with E-state index in [4.69, 9.17) is 9.84 Å². The summed E-state index contributed by atoms with van der Waals surface area (Å²) in [7, 11) is -2.69. The molecular weight excluding hydrogens is 307 g/mol. The van der Waals surface area contributed by atoms with Gasteiger partial charge in [0, 0.05) is 32.3 Å². The minimum Gasteiger partial charge on any atom is -0.395 e. The van der Waals surface area contributed by atoms with Crippen molar-refractivity contribution >= 4 is 15.7 Å². The molecule has 10 heteroatoms. The molecule has 0 radical (unpaired) electrons. The van der Waals surface area contributed by atoms with Gasteiger partial charge in [0.25, 0.3) is 0 Å². The van der Waals surface area contributed by atoms with E-state index in [-0.39, 0.29) is 19.7 Å². The molecule has 0 aliphatic heterocycles. The molecule has 1 aromatic rings. The van der Waals surface area contributed by atoms with Crippen LogP contribution in [-0.4, -0.2) is 56.2 Å². The third kappa shape index (κ3) is 4.17. The molecule has 0 atom stereocenters. The lowest BCUT2D eigenvalue weighted by molar-refractivity contribution is -0.387. The second-order valence-corrected chi connectivity index (χ2v) is 5.93. The van der Waals surface area contributed by atoms with E-state index in [1.165, 1.54) is 7.11 Å². The third-order valence-corrected chi connectivity index (χ3v) is 4.54. The Morgan fingerprint density at radius 1 is 1.43 bits per heavy atom. The van der Waals surface area contributed by atoms with Crippen molar-refractivity contribution in [2.75, 3.05) is 33.4 Å². The van der Waals surface area contributed by atoms with E-state index in [0.29, 0.717) is 6.07 Å². The number of aliphatic hydroxyl groups excluding tert-OH is 1. The van der Waals surface area contributed by atoms with Crippen LogP contribution in [0, 0.1) is 15.9 Å². The molecule has 0 spiro atoms. The van der Waals surface area contributed by atoms with Crippen molar-refractivity contribution in [1.29, 1.82) is 0 Å². The molecule has 8 nitrogen and oxygen atoms in total. The number of nitrogens with zero attached hydrogens (tertiary/aromatic N) is 2. The summed E-state index contributed by atoms with van der Waals surface area (Å²) in [5, 5.41) is 19.4. The van der Waals surface area contributed by atoms with Gasteiger partial charge >= 0.3 is 5.69 Å². The molecule has 0 unspecified atom stereocenters. The number of nitro groups is 1. The normalized spacial score (nSPS) is 11.8. The van der Waals surface area contributed by atoms with E-state index in [1.807, 2.05) is 0 Å². The molecule has 0 fully saturated rings. The average Bonchev–Trinajstić information content (AvgIpc) is 2.42. The lowest BCUT2D eigenvalue weighted by Crippen LogP contribution is -2.36. The second-order valence-electron chi connectivity index (χ2n) is 3.99. The first-order valence-corrected chi connectivity index (χ1v) is 7.32. The van der Waals surface area contributed by atoms with Gasteiger partial charge in [-0.15, -0.1) is 0 Å². The minimum atomic E-state index is -4.07. The molecule has 1 rings (SSSR count). The van der Waals surface area contributed by atoms with Crippen LogP contribution in [0.2, 0.25) is 0 Å². The third-order valence-electron chi connectivity index (χ3n) is 2.65. The molecule has 0 amide bonds. The Morgan fingerprint density at radius 2 is 2.10 bits per heavy atom. The molecule has 0 aliphatic carbocycles. The average molecular weight is 322 g/mol. The molecule has 21 heavy (non-hydrogen) atoms. The zero-order valence-corrected chi connectivity index (χ0v) is 12.0. The summed E-state index contributed by atoms with van der Waals surface area (Å²) in [6.45, 7) is -0.546. The van der Waals surface area contributed by atoms with Gasteiger partial charge in [0.2, 0.25) is 15.8 Å². The van der Waals surface area contributed by atoms with Crippen molar-refractivity contribution in [3.05, 3.63) is 34.1 Å². The monoisotopic (exact) mass is 322 g/mol. The fourth-order valence-corrected chi connectivity index (χ4v) is 3.03. The van der Waals surface area contributed by atoms with E-state index in [9.17, 15) is 22.9 Å². The first-order valence-electron chi connectivity index (χ1n) is 5.88. The Morgan fingerprint density at radius 3 is 2.57 bits per heavy atom. The Bertz CT molecular complexity index is 607. The Hall–Kier alpha value is -1.62. The van der Waals surface area contributed by atoms with Crippen LogP contribution in [-0.2, 0) is 14.8 Å². The van der Waals surface area contributed by atoms with Crippen molar-refractivity contribution in [1.82, 2.24) is 4.31 Å².